The fraction of sp³-hybridized carbons (Fsp3) is 0.500. The van der Waals surface area contributed by atoms with Crippen molar-refractivity contribution in [3.05, 3.63) is 23.9 Å². The number of hydrogen-bond donors (Lipinski definition) is 2. The SMILES string of the molecule is C[C@@H](O)[C@@H]1CCCN1c1ncccc1C(=O)O. The van der Waals surface area contributed by atoms with Gasteiger partial charge in [-0.05, 0) is 31.9 Å². The quantitative estimate of drug-likeness (QED) is 0.823. The number of aliphatic hydroxyl groups is 1. The number of carbonyl (C=O) groups is 1. The predicted molar refractivity (Wildman–Crippen MR) is 63.2 cm³/mol. The molecule has 1 aromatic heterocycles. The molecule has 0 bridgehead atoms. The van der Waals surface area contributed by atoms with Gasteiger partial charge in [-0.25, -0.2) is 9.78 Å². The first kappa shape index (κ1) is 11.9. The number of carboxylic acid groups (broad SMARTS) is 1. The van der Waals surface area contributed by atoms with Crippen LogP contribution < -0.4 is 4.90 Å². The number of carboxylic acids is 1. The van der Waals surface area contributed by atoms with E-state index in [-0.39, 0.29) is 11.6 Å². The van der Waals surface area contributed by atoms with Crippen LogP contribution in [0.15, 0.2) is 18.3 Å². The molecule has 2 heterocycles. The zero-order valence-corrected chi connectivity index (χ0v) is 9.71. The van der Waals surface area contributed by atoms with Crippen LogP contribution in [0.4, 0.5) is 5.82 Å². The van der Waals surface area contributed by atoms with Crippen LogP contribution in [-0.4, -0.2) is 39.9 Å². The Morgan fingerprint density at radius 2 is 2.41 bits per heavy atom. The molecule has 1 fully saturated rings. The van der Waals surface area contributed by atoms with Crippen molar-refractivity contribution in [2.45, 2.75) is 31.9 Å². The minimum absolute atomic E-state index is 0.0389. The van der Waals surface area contributed by atoms with Gasteiger partial charge in [0.25, 0.3) is 0 Å². The topological polar surface area (TPSA) is 73.7 Å². The number of aromatic nitrogens is 1. The predicted octanol–water partition coefficient (Wildman–Crippen LogP) is 1.13. The van der Waals surface area contributed by atoms with Gasteiger partial charge in [0.1, 0.15) is 11.4 Å². The number of aromatic carboxylic acids is 1. The van der Waals surface area contributed by atoms with Crippen LogP contribution in [0.2, 0.25) is 0 Å². The number of aliphatic hydroxyl groups excluding tert-OH is 1. The molecule has 1 saturated heterocycles. The largest absolute Gasteiger partial charge is 0.478 e. The summed E-state index contributed by atoms with van der Waals surface area (Å²) >= 11 is 0. The summed E-state index contributed by atoms with van der Waals surface area (Å²) in [6, 6.07) is 3.12. The van der Waals surface area contributed by atoms with E-state index in [0.717, 1.165) is 19.4 Å². The van der Waals surface area contributed by atoms with E-state index in [4.69, 9.17) is 5.11 Å². The van der Waals surface area contributed by atoms with Crippen molar-refractivity contribution < 1.29 is 15.0 Å². The van der Waals surface area contributed by atoms with E-state index >= 15 is 0 Å². The highest BCUT2D eigenvalue weighted by Gasteiger charge is 2.31. The summed E-state index contributed by atoms with van der Waals surface area (Å²) in [7, 11) is 0. The smallest absolute Gasteiger partial charge is 0.339 e. The maximum Gasteiger partial charge on any atom is 0.339 e. The van der Waals surface area contributed by atoms with E-state index in [1.54, 1.807) is 25.3 Å². The lowest BCUT2D eigenvalue weighted by atomic mass is 10.1. The van der Waals surface area contributed by atoms with Crippen molar-refractivity contribution in [2.24, 2.45) is 0 Å². The molecule has 1 aromatic rings. The first-order valence-corrected chi connectivity index (χ1v) is 5.74. The Morgan fingerprint density at radius 1 is 1.65 bits per heavy atom. The molecule has 0 aromatic carbocycles. The van der Waals surface area contributed by atoms with Crippen molar-refractivity contribution in [3.63, 3.8) is 0 Å². The van der Waals surface area contributed by atoms with Crippen molar-refractivity contribution >= 4 is 11.8 Å². The third kappa shape index (κ3) is 2.24. The lowest BCUT2D eigenvalue weighted by molar-refractivity contribution is 0.0696. The van der Waals surface area contributed by atoms with Gasteiger partial charge < -0.3 is 15.1 Å². The molecule has 0 spiro atoms. The second kappa shape index (κ2) is 4.71. The summed E-state index contributed by atoms with van der Waals surface area (Å²) in [6.45, 7) is 2.47. The molecule has 1 aliphatic heterocycles. The van der Waals surface area contributed by atoms with Crippen LogP contribution in [0, 0.1) is 0 Å². The van der Waals surface area contributed by atoms with Crippen molar-refractivity contribution in [3.8, 4) is 0 Å². The van der Waals surface area contributed by atoms with Crippen molar-refractivity contribution in [2.75, 3.05) is 11.4 Å². The summed E-state index contributed by atoms with van der Waals surface area (Å²) in [5.41, 5.74) is 0.194. The number of hydrogen-bond acceptors (Lipinski definition) is 4. The zero-order chi connectivity index (χ0) is 12.4. The summed E-state index contributed by atoms with van der Waals surface area (Å²) in [5.74, 6) is -0.521. The van der Waals surface area contributed by atoms with E-state index in [9.17, 15) is 9.90 Å². The monoisotopic (exact) mass is 236 g/mol. The summed E-state index contributed by atoms with van der Waals surface area (Å²) in [4.78, 5) is 17.2. The van der Waals surface area contributed by atoms with Crippen molar-refractivity contribution in [1.82, 2.24) is 4.98 Å². The Balaban J connectivity index is 2.36. The third-order valence-corrected chi connectivity index (χ3v) is 3.15. The Bertz CT molecular complexity index is 420. The number of nitrogens with zero attached hydrogens (tertiary/aromatic N) is 2. The molecule has 0 saturated carbocycles. The first-order chi connectivity index (χ1) is 8.11. The summed E-state index contributed by atoms with van der Waals surface area (Å²) in [5, 5.41) is 18.8. The summed E-state index contributed by atoms with van der Waals surface area (Å²) in [6.07, 6.45) is 2.92. The van der Waals surface area contributed by atoms with Gasteiger partial charge in [-0.15, -0.1) is 0 Å². The van der Waals surface area contributed by atoms with E-state index in [0.29, 0.717) is 5.82 Å². The van der Waals surface area contributed by atoms with Gasteiger partial charge in [-0.3, -0.25) is 0 Å². The minimum Gasteiger partial charge on any atom is -0.478 e. The molecule has 5 heteroatoms. The molecule has 92 valence electrons. The molecule has 5 nitrogen and oxygen atoms in total. The second-order valence-electron chi connectivity index (χ2n) is 4.32. The van der Waals surface area contributed by atoms with Crippen LogP contribution in [0.3, 0.4) is 0 Å². The molecule has 0 unspecified atom stereocenters. The van der Waals surface area contributed by atoms with Crippen LogP contribution in [0.1, 0.15) is 30.1 Å². The lowest BCUT2D eigenvalue weighted by Crippen LogP contribution is -2.38. The summed E-state index contributed by atoms with van der Waals surface area (Å²) < 4.78 is 0. The fourth-order valence-electron chi connectivity index (χ4n) is 2.35. The Kier molecular flexibility index (Phi) is 3.28. The highest BCUT2D eigenvalue weighted by molar-refractivity contribution is 5.93. The molecule has 17 heavy (non-hydrogen) atoms. The van der Waals surface area contributed by atoms with Crippen LogP contribution in [-0.2, 0) is 0 Å². The molecular weight excluding hydrogens is 220 g/mol. The van der Waals surface area contributed by atoms with E-state index in [1.807, 2.05) is 4.90 Å². The van der Waals surface area contributed by atoms with Crippen LogP contribution >= 0.6 is 0 Å². The Morgan fingerprint density at radius 3 is 3.06 bits per heavy atom. The van der Waals surface area contributed by atoms with Gasteiger partial charge in [0.05, 0.1) is 12.1 Å². The average molecular weight is 236 g/mol. The number of pyridine rings is 1. The van der Waals surface area contributed by atoms with Gasteiger partial charge in [0.15, 0.2) is 0 Å². The third-order valence-electron chi connectivity index (χ3n) is 3.15. The average Bonchev–Trinajstić information content (AvgIpc) is 2.77. The van der Waals surface area contributed by atoms with Gasteiger partial charge in [0.2, 0.25) is 0 Å². The molecule has 2 rings (SSSR count). The molecule has 2 atom stereocenters. The van der Waals surface area contributed by atoms with E-state index in [1.165, 1.54) is 0 Å². The maximum atomic E-state index is 11.1. The van der Waals surface area contributed by atoms with Crippen LogP contribution in [0.5, 0.6) is 0 Å². The second-order valence-corrected chi connectivity index (χ2v) is 4.32. The van der Waals surface area contributed by atoms with Gasteiger partial charge in [0, 0.05) is 12.7 Å². The highest BCUT2D eigenvalue weighted by Crippen LogP contribution is 2.28. The van der Waals surface area contributed by atoms with Crippen LogP contribution in [0.25, 0.3) is 0 Å². The number of anilines is 1. The maximum absolute atomic E-state index is 11.1. The molecular formula is C12H16N2O3. The fourth-order valence-corrected chi connectivity index (χ4v) is 2.35. The Hall–Kier alpha value is -1.62. The zero-order valence-electron chi connectivity index (χ0n) is 9.71. The first-order valence-electron chi connectivity index (χ1n) is 5.74. The van der Waals surface area contributed by atoms with Gasteiger partial charge in [-0.1, -0.05) is 0 Å². The minimum atomic E-state index is -0.982. The van der Waals surface area contributed by atoms with E-state index in [2.05, 4.69) is 4.98 Å². The molecule has 0 amide bonds. The normalized spacial score (nSPS) is 21.5. The molecule has 2 N–H and O–H groups in total. The van der Waals surface area contributed by atoms with Gasteiger partial charge >= 0.3 is 5.97 Å². The van der Waals surface area contributed by atoms with Crippen molar-refractivity contribution in [1.29, 1.82) is 0 Å². The molecule has 0 radical (unpaired) electrons. The molecule has 1 aliphatic rings. The van der Waals surface area contributed by atoms with Gasteiger partial charge in [-0.2, -0.15) is 0 Å². The molecule has 0 aliphatic carbocycles. The Labute approximate surface area is 99.7 Å². The standard InChI is InChI=1S/C12H16N2O3/c1-8(15)10-5-3-7-14(10)11-9(12(16)17)4-2-6-13-11/h2,4,6,8,10,15H,3,5,7H2,1H3,(H,16,17)/t8-,10+/m1/s1. The van der Waals surface area contributed by atoms with E-state index < -0.39 is 12.1 Å². The highest BCUT2D eigenvalue weighted by atomic mass is 16.4. The number of rotatable bonds is 3. The lowest BCUT2D eigenvalue weighted by Gasteiger charge is -2.28.